The van der Waals surface area contributed by atoms with Gasteiger partial charge in [-0.2, -0.15) is 11.3 Å². The van der Waals surface area contributed by atoms with Gasteiger partial charge in [-0.3, -0.25) is 4.79 Å². The molecule has 1 amide bonds. The predicted molar refractivity (Wildman–Crippen MR) is 70.5 cm³/mol. The summed E-state index contributed by atoms with van der Waals surface area (Å²) >= 11 is 1.46. The number of aliphatic hydroxyl groups is 1. The van der Waals surface area contributed by atoms with Gasteiger partial charge in [0, 0.05) is 5.38 Å². The smallest absolute Gasteiger partial charge is 0.257 e. The molecule has 90 valence electrons. The summed E-state index contributed by atoms with van der Waals surface area (Å²) in [5, 5.41) is 14.9. The van der Waals surface area contributed by atoms with Crippen LogP contribution in [0.2, 0.25) is 0 Å². The molecule has 2 aromatic rings. The number of pyridine rings is 1. The average Bonchev–Trinajstić information content (AvgIpc) is 2.91. The molecular weight excluding hydrogens is 248 g/mol. The van der Waals surface area contributed by atoms with Crippen LogP contribution >= 0.6 is 11.3 Å². The van der Waals surface area contributed by atoms with Crippen LogP contribution < -0.4 is 5.32 Å². The van der Waals surface area contributed by atoms with E-state index in [9.17, 15) is 4.79 Å². The van der Waals surface area contributed by atoms with Crippen molar-refractivity contribution in [2.45, 2.75) is 0 Å². The number of nitrogens with one attached hydrogen (secondary N) is 1. The van der Waals surface area contributed by atoms with Gasteiger partial charge < -0.3 is 10.4 Å². The highest BCUT2D eigenvalue weighted by Crippen LogP contribution is 2.10. The van der Waals surface area contributed by atoms with Crippen LogP contribution in [0.5, 0.6) is 0 Å². The number of rotatable bonds is 2. The Morgan fingerprint density at radius 1 is 1.44 bits per heavy atom. The van der Waals surface area contributed by atoms with E-state index < -0.39 is 0 Å². The summed E-state index contributed by atoms with van der Waals surface area (Å²) < 4.78 is 0. The molecule has 0 saturated carbocycles. The fourth-order valence-electron chi connectivity index (χ4n) is 1.29. The van der Waals surface area contributed by atoms with Crippen molar-refractivity contribution in [1.29, 1.82) is 0 Å². The molecule has 2 aromatic heterocycles. The average molecular weight is 258 g/mol. The Hall–Kier alpha value is -2.16. The second-order valence-corrected chi connectivity index (χ2v) is 4.11. The van der Waals surface area contributed by atoms with Gasteiger partial charge in [-0.1, -0.05) is 12.0 Å². The van der Waals surface area contributed by atoms with E-state index in [0.717, 1.165) is 0 Å². The van der Waals surface area contributed by atoms with Crippen molar-refractivity contribution in [3.63, 3.8) is 0 Å². The number of hydrogen-bond donors (Lipinski definition) is 2. The fourth-order valence-corrected chi connectivity index (χ4v) is 1.92. The predicted octanol–water partition coefficient (Wildman–Crippen LogP) is 1.74. The van der Waals surface area contributed by atoms with E-state index in [1.807, 2.05) is 5.38 Å². The fraction of sp³-hybridized carbons (Fsp3) is 0.0769. The van der Waals surface area contributed by atoms with Crippen LogP contribution in [0.15, 0.2) is 35.0 Å². The molecule has 0 radical (unpaired) electrons. The molecule has 0 atom stereocenters. The van der Waals surface area contributed by atoms with Gasteiger partial charge in [0.25, 0.3) is 5.91 Å². The molecule has 0 aromatic carbocycles. The minimum atomic E-state index is -0.215. The Morgan fingerprint density at radius 3 is 3.06 bits per heavy atom. The van der Waals surface area contributed by atoms with E-state index >= 15 is 0 Å². The van der Waals surface area contributed by atoms with Gasteiger partial charge in [0.2, 0.25) is 0 Å². The number of nitrogens with zero attached hydrogens (tertiary/aromatic N) is 1. The number of aliphatic hydroxyl groups excluding tert-OH is 1. The van der Waals surface area contributed by atoms with Gasteiger partial charge in [-0.25, -0.2) is 4.98 Å². The highest BCUT2D eigenvalue weighted by atomic mass is 32.1. The van der Waals surface area contributed by atoms with E-state index in [1.165, 1.54) is 11.3 Å². The minimum Gasteiger partial charge on any atom is -0.384 e. The first-order valence-electron chi connectivity index (χ1n) is 5.20. The molecule has 2 N–H and O–H groups in total. The lowest BCUT2D eigenvalue weighted by atomic mass is 10.3. The third kappa shape index (κ3) is 3.17. The molecule has 0 saturated heterocycles. The van der Waals surface area contributed by atoms with Crippen LogP contribution in [-0.4, -0.2) is 22.6 Å². The van der Waals surface area contributed by atoms with E-state index in [1.54, 1.807) is 29.6 Å². The molecule has 0 fully saturated rings. The van der Waals surface area contributed by atoms with Gasteiger partial charge in [0.1, 0.15) is 18.1 Å². The molecule has 0 aliphatic heterocycles. The molecule has 0 unspecified atom stereocenters. The van der Waals surface area contributed by atoms with E-state index in [-0.39, 0.29) is 12.5 Å². The molecule has 0 bridgehead atoms. The standard InChI is InChI=1S/C13H10N2O2S/c16-7-2-4-11-3-1-5-12(14-11)15-13(17)10-6-8-18-9-10/h1,3,5-6,8-9,16H,7H2,(H,14,15,17). The highest BCUT2D eigenvalue weighted by molar-refractivity contribution is 7.08. The van der Waals surface area contributed by atoms with E-state index in [0.29, 0.717) is 17.1 Å². The molecule has 0 aliphatic rings. The highest BCUT2D eigenvalue weighted by Gasteiger charge is 2.06. The van der Waals surface area contributed by atoms with Crippen LogP contribution in [0, 0.1) is 11.8 Å². The Kier molecular flexibility index (Phi) is 4.07. The number of hydrogen-bond acceptors (Lipinski definition) is 4. The van der Waals surface area contributed by atoms with Crippen molar-refractivity contribution in [2.24, 2.45) is 0 Å². The third-order valence-electron chi connectivity index (χ3n) is 2.07. The van der Waals surface area contributed by atoms with Gasteiger partial charge in [0.05, 0.1) is 5.56 Å². The number of carbonyl (C=O) groups is 1. The van der Waals surface area contributed by atoms with Crippen LogP contribution in [0.4, 0.5) is 5.82 Å². The maximum absolute atomic E-state index is 11.8. The quantitative estimate of drug-likeness (QED) is 0.806. The van der Waals surface area contributed by atoms with Crippen molar-refractivity contribution in [2.75, 3.05) is 11.9 Å². The van der Waals surface area contributed by atoms with Crippen molar-refractivity contribution < 1.29 is 9.90 Å². The Labute approximate surface area is 108 Å². The number of anilines is 1. The first-order valence-corrected chi connectivity index (χ1v) is 6.14. The van der Waals surface area contributed by atoms with Gasteiger partial charge in [-0.05, 0) is 29.5 Å². The molecule has 0 spiro atoms. The minimum absolute atomic E-state index is 0.198. The van der Waals surface area contributed by atoms with Crippen molar-refractivity contribution in [1.82, 2.24) is 4.98 Å². The molecule has 2 rings (SSSR count). The van der Waals surface area contributed by atoms with Gasteiger partial charge in [0.15, 0.2) is 0 Å². The molecule has 2 heterocycles. The molecule has 0 aliphatic carbocycles. The number of amides is 1. The zero-order valence-corrected chi connectivity index (χ0v) is 10.2. The summed E-state index contributed by atoms with van der Waals surface area (Å²) in [5.74, 6) is 5.43. The van der Waals surface area contributed by atoms with Crippen LogP contribution in [0.1, 0.15) is 16.1 Å². The van der Waals surface area contributed by atoms with Crippen LogP contribution in [0.25, 0.3) is 0 Å². The SMILES string of the molecule is O=C(Nc1cccc(C#CCO)n1)c1ccsc1. The van der Waals surface area contributed by atoms with Gasteiger partial charge in [-0.15, -0.1) is 0 Å². The summed E-state index contributed by atoms with van der Waals surface area (Å²) in [5.41, 5.74) is 1.11. The number of thiophene rings is 1. The Bertz CT molecular complexity index is 597. The summed E-state index contributed by atoms with van der Waals surface area (Å²) in [6.07, 6.45) is 0. The number of carbonyl (C=O) groups excluding carboxylic acids is 1. The summed E-state index contributed by atoms with van der Waals surface area (Å²) in [6.45, 7) is -0.215. The largest absolute Gasteiger partial charge is 0.384 e. The lowest BCUT2D eigenvalue weighted by molar-refractivity contribution is 0.102. The maximum atomic E-state index is 11.8. The third-order valence-corrected chi connectivity index (χ3v) is 2.75. The summed E-state index contributed by atoms with van der Waals surface area (Å²) in [4.78, 5) is 15.9. The summed E-state index contributed by atoms with van der Waals surface area (Å²) in [6, 6.07) is 6.89. The second-order valence-electron chi connectivity index (χ2n) is 3.33. The van der Waals surface area contributed by atoms with E-state index in [2.05, 4.69) is 22.1 Å². The van der Waals surface area contributed by atoms with Crippen LogP contribution in [-0.2, 0) is 0 Å². The number of aromatic nitrogens is 1. The van der Waals surface area contributed by atoms with Crippen molar-refractivity contribution >= 4 is 23.1 Å². The van der Waals surface area contributed by atoms with Gasteiger partial charge >= 0.3 is 0 Å². The van der Waals surface area contributed by atoms with Crippen molar-refractivity contribution in [3.8, 4) is 11.8 Å². The van der Waals surface area contributed by atoms with Crippen LogP contribution in [0.3, 0.4) is 0 Å². The Balaban J connectivity index is 2.12. The molecule has 18 heavy (non-hydrogen) atoms. The summed E-state index contributed by atoms with van der Waals surface area (Å²) in [7, 11) is 0. The molecule has 4 nitrogen and oxygen atoms in total. The lowest BCUT2D eigenvalue weighted by Crippen LogP contribution is -2.12. The normalized spacial score (nSPS) is 9.39. The first kappa shape index (κ1) is 12.3. The van der Waals surface area contributed by atoms with Crippen molar-refractivity contribution in [3.05, 3.63) is 46.3 Å². The maximum Gasteiger partial charge on any atom is 0.257 e. The molecule has 5 heteroatoms. The second kappa shape index (κ2) is 5.96. The lowest BCUT2D eigenvalue weighted by Gasteiger charge is -2.02. The molecular formula is C13H10N2O2S. The Morgan fingerprint density at radius 2 is 2.33 bits per heavy atom. The zero-order valence-electron chi connectivity index (χ0n) is 9.38. The van der Waals surface area contributed by atoms with E-state index in [4.69, 9.17) is 5.11 Å². The zero-order chi connectivity index (χ0) is 12.8. The topological polar surface area (TPSA) is 62.2 Å². The first-order chi connectivity index (χ1) is 8.79. The monoisotopic (exact) mass is 258 g/mol.